The Kier molecular flexibility index (Phi) is 3.48. The molecule has 2 aromatic carbocycles. The van der Waals surface area contributed by atoms with Crippen molar-refractivity contribution in [2.75, 3.05) is 4.90 Å². The predicted octanol–water partition coefficient (Wildman–Crippen LogP) is 5.27. The van der Waals surface area contributed by atoms with Crippen LogP contribution in [0.3, 0.4) is 0 Å². The van der Waals surface area contributed by atoms with Crippen LogP contribution in [0.15, 0.2) is 89.5 Å². The van der Waals surface area contributed by atoms with Gasteiger partial charge in [-0.05, 0) is 23.8 Å². The molecule has 0 N–H and O–H groups in total. The van der Waals surface area contributed by atoms with Crippen molar-refractivity contribution in [3.8, 4) is 0 Å². The molecule has 2 heteroatoms. The highest BCUT2D eigenvalue weighted by Crippen LogP contribution is 2.46. The fourth-order valence-electron chi connectivity index (χ4n) is 2.18. The first kappa shape index (κ1) is 12.8. The molecule has 0 amide bonds. The lowest BCUT2D eigenvalue weighted by molar-refractivity contribution is 1.22. The van der Waals surface area contributed by atoms with E-state index >= 15 is 0 Å². The maximum absolute atomic E-state index is 4.22. The zero-order valence-electron chi connectivity index (χ0n) is 11.1. The van der Waals surface area contributed by atoms with Crippen LogP contribution in [0.4, 0.5) is 5.69 Å². The molecule has 0 bridgehead atoms. The number of para-hydroxylation sites is 1. The summed E-state index contributed by atoms with van der Waals surface area (Å²) in [6, 6.07) is 20.5. The van der Waals surface area contributed by atoms with E-state index in [0.29, 0.717) is 0 Å². The van der Waals surface area contributed by atoms with Gasteiger partial charge in [-0.1, -0.05) is 73.5 Å². The lowest BCUT2D eigenvalue weighted by atomic mass is 10.2. The van der Waals surface area contributed by atoms with Gasteiger partial charge < -0.3 is 4.90 Å². The van der Waals surface area contributed by atoms with Gasteiger partial charge in [-0.15, -0.1) is 0 Å². The summed E-state index contributed by atoms with van der Waals surface area (Å²) in [4.78, 5) is 3.24. The average Bonchev–Trinajstić information content (AvgIpc) is 2.75. The van der Waals surface area contributed by atoms with E-state index in [-0.39, 0.29) is 0 Å². The minimum absolute atomic E-state index is 0.982. The van der Waals surface area contributed by atoms with Crippen molar-refractivity contribution in [1.29, 1.82) is 0 Å². The first-order valence-corrected chi connectivity index (χ1v) is 7.25. The topological polar surface area (TPSA) is 3.24 Å². The normalized spacial score (nSPS) is 17.0. The Morgan fingerprint density at radius 1 is 0.850 bits per heavy atom. The Hall–Kier alpha value is -2.19. The van der Waals surface area contributed by atoms with Gasteiger partial charge in [-0.2, -0.15) is 0 Å². The van der Waals surface area contributed by atoms with Gasteiger partial charge in [0, 0.05) is 10.6 Å². The molecule has 98 valence electrons. The van der Waals surface area contributed by atoms with E-state index in [9.17, 15) is 0 Å². The molecule has 0 aliphatic carbocycles. The summed E-state index contributed by atoms with van der Waals surface area (Å²) in [6.07, 6.45) is 2.15. The van der Waals surface area contributed by atoms with Gasteiger partial charge >= 0.3 is 0 Å². The number of hydrogen-bond donors (Lipinski definition) is 0. The number of thioether (sulfide) groups is 1. The van der Waals surface area contributed by atoms with E-state index in [1.807, 2.05) is 36.4 Å². The van der Waals surface area contributed by atoms with E-state index in [4.69, 9.17) is 0 Å². The standard InChI is InChI=1S/C18H15NS/c1-14-18(13-16-9-5-3-6-10-16)20-15(2)19(14)17-11-7-4-8-12-17/h3-13H,1-2H2/b18-13-. The molecule has 0 radical (unpaired) electrons. The molecule has 0 atom stereocenters. The molecule has 1 saturated heterocycles. The van der Waals surface area contributed by atoms with Gasteiger partial charge in [0.2, 0.25) is 0 Å². The quantitative estimate of drug-likeness (QED) is 0.736. The number of hydrogen-bond acceptors (Lipinski definition) is 2. The SMILES string of the molecule is C=C1S/C(=C\c2ccccc2)C(=C)N1c1ccccc1. The summed E-state index contributed by atoms with van der Waals surface area (Å²) in [5.74, 6) is 0. The summed E-state index contributed by atoms with van der Waals surface area (Å²) in [5, 5.41) is 0.989. The minimum Gasteiger partial charge on any atom is -0.305 e. The Labute approximate surface area is 123 Å². The second-order valence-electron chi connectivity index (χ2n) is 4.53. The molecule has 1 aliphatic heterocycles. The molecule has 3 rings (SSSR count). The fourth-order valence-corrected chi connectivity index (χ4v) is 3.15. The van der Waals surface area contributed by atoms with Gasteiger partial charge in [0.15, 0.2) is 0 Å². The van der Waals surface area contributed by atoms with Crippen LogP contribution in [0, 0.1) is 0 Å². The number of rotatable bonds is 2. The zero-order valence-corrected chi connectivity index (χ0v) is 11.9. The third kappa shape index (κ3) is 2.43. The van der Waals surface area contributed by atoms with E-state index in [1.165, 1.54) is 5.56 Å². The van der Waals surface area contributed by atoms with Crippen molar-refractivity contribution < 1.29 is 0 Å². The second-order valence-corrected chi connectivity index (χ2v) is 5.65. The van der Waals surface area contributed by atoms with Crippen LogP contribution in [0.25, 0.3) is 6.08 Å². The third-order valence-electron chi connectivity index (χ3n) is 3.14. The lowest BCUT2D eigenvalue weighted by Gasteiger charge is -2.19. The van der Waals surface area contributed by atoms with Crippen LogP contribution < -0.4 is 4.90 Å². The predicted molar refractivity (Wildman–Crippen MR) is 89.2 cm³/mol. The van der Waals surface area contributed by atoms with Gasteiger partial charge in [0.05, 0.1) is 10.7 Å². The maximum atomic E-state index is 4.22. The van der Waals surface area contributed by atoms with Crippen LogP contribution in [-0.4, -0.2) is 0 Å². The molecule has 20 heavy (non-hydrogen) atoms. The molecule has 0 spiro atoms. The summed E-state index contributed by atoms with van der Waals surface area (Å²) >= 11 is 1.66. The molecule has 0 unspecified atom stereocenters. The molecule has 1 aliphatic rings. The number of anilines is 1. The van der Waals surface area contributed by atoms with Crippen molar-refractivity contribution in [1.82, 2.24) is 0 Å². The van der Waals surface area contributed by atoms with Crippen LogP contribution in [0.1, 0.15) is 5.56 Å². The molecule has 1 heterocycles. The molecule has 2 aromatic rings. The highest BCUT2D eigenvalue weighted by Gasteiger charge is 2.26. The average molecular weight is 277 g/mol. The highest BCUT2D eigenvalue weighted by atomic mass is 32.2. The van der Waals surface area contributed by atoms with E-state index in [0.717, 1.165) is 21.3 Å². The second kappa shape index (κ2) is 5.43. The Balaban J connectivity index is 1.93. The molecule has 0 aromatic heterocycles. The van der Waals surface area contributed by atoms with Gasteiger partial charge in [0.25, 0.3) is 0 Å². The number of benzene rings is 2. The monoisotopic (exact) mass is 277 g/mol. The summed E-state index contributed by atoms with van der Waals surface area (Å²) in [5.41, 5.74) is 3.26. The van der Waals surface area contributed by atoms with Gasteiger partial charge in [-0.25, -0.2) is 0 Å². The Morgan fingerprint density at radius 2 is 1.45 bits per heavy atom. The largest absolute Gasteiger partial charge is 0.305 e. The van der Waals surface area contributed by atoms with Crippen LogP contribution in [0.2, 0.25) is 0 Å². The third-order valence-corrected chi connectivity index (χ3v) is 4.13. The summed E-state index contributed by atoms with van der Waals surface area (Å²) in [6.45, 7) is 8.36. The summed E-state index contributed by atoms with van der Waals surface area (Å²) < 4.78 is 0. The molecule has 1 fully saturated rings. The number of nitrogens with zero attached hydrogens (tertiary/aromatic N) is 1. The van der Waals surface area contributed by atoms with Crippen molar-refractivity contribution in [3.63, 3.8) is 0 Å². The highest BCUT2D eigenvalue weighted by molar-refractivity contribution is 8.07. The maximum Gasteiger partial charge on any atom is 0.0774 e. The Bertz CT molecular complexity index is 671. The first-order valence-electron chi connectivity index (χ1n) is 6.43. The van der Waals surface area contributed by atoms with Crippen molar-refractivity contribution in [2.45, 2.75) is 0 Å². The molecule has 0 saturated carbocycles. The fraction of sp³-hybridized carbons (Fsp3) is 0. The van der Waals surface area contributed by atoms with Gasteiger partial charge in [-0.3, -0.25) is 0 Å². The zero-order chi connectivity index (χ0) is 13.9. The van der Waals surface area contributed by atoms with Crippen LogP contribution in [-0.2, 0) is 0 Å². The summed E-state index contributed by atoms with van der Waals surface area (Å²) in [7, 11) is 0. The smallest absolute Gasteiger partial charge is 0.0774 e. The van der Waals surface area contributed by atoms with Crippen molar-refractivity contribution >= 4 is 23.5 Å². The van der Waals surface area contributed by atoms with Crippen molar-refractivity contribution in [2.24, 2.45) is 0 Å². The van der Waals surface area contributed by atoms with E-state index < -0.39 is 0 Å². The van der Waals surface area contributed by atoms with E-state index in [1.54, 1.807) is 11.8 Å². The van der Waals surface area contributed by atoms with Crippen LogP contribution >= 0.6 is 11.8 Å². The molecule has 1 nitrogen and oxygen atoms in total. The van der Waals surface area contributed by atoms with Crippen molar-refractivity contribution in [3.05, 3.63) is 95.0 Å². The van der Waals surface area contributed by atoms with Gasteiger partial charge in [0.1, 0.15) is 0 Å². The first-order chi connectivity index (χ1) is 9.75. The minimum atomic E-state index is 0.982. The molecular formula is C18H15NS. The Morgan fingerprint density at radius 3 is 2.10 bits per heavy atom. The molecular weight excluding hydrogens is 262 g/mol. The van der Waals surface area contributed by atoms with E-state index in [2.05, 4.69) is 48.4 Å². The lowest BCUT2D eigenvalue weighted by Crippen LogP contribution is -2.12. The van der Waals surface area contributed by atoms with Crippen LogP contribution in [0.5, 0.6) is 0 Å².